The Morgan fingerprint density at radius 1 is 1.27 bits per heavy atom. The predicted molar refractivity (Wildman–Crippen MR) is 96.1 cm³/mol. The summed E-state index contributed by atoms with van der Waals surface area (Å²) in [6.45, 7) is 4.94. The maximum atomic E-state index is 14.0. The minimum absolute atomic E-state index is 0.0642. The van der Waals surface area contributed by atoms with Gasteiger partial charge in [-0.05, 0) is 17.7 Å². The molecule has 0 saturated carbocycles. The molecule has 0 aliphatic carbocycles. The zero-order chi connectivity index (χ0) is 19.1. The van der Waals surface area contributed by atoms with Gasteiger partial charge in [-0.15, -0.1) is 0 Å². The van der Waals surface area contributed by atoms with Gasteiger partial charge in [0.25, 0.3) is 0 Å². The second-order valence-electron chi connectivity index (χ2n) is 7.25. The molecule has 2 N–H and O–H groups in total. The summed E-state index contributed by atoms with van der Waals surface area (Å²) in [7, 11) is 0. The number of imidazole rings is 1. The lowest BCUT2D eigenvalue weighted by atomic mass is 9.91. The highest BCUT2D eigenvalue weighted by molar-refractivity contribution is 5.86. The fourth-order valence-electron chi connectivity index (χ4n) is 2.58. The number of halogens is 1. The van der Waals surface area contributed by atoms with Gasteiger partial charge in [-0.25, -0.2) is 14.2 Å². The van der Waals surface area contributed by atoms with Crippen LogP contribution in [0.25, 0.3) is 22.3 Å². The fraction of sp³-hybridized carbons (Fsp3) is 0.316. The maximum absolute atomic E-state index is 14.0. The number of Topliss-reactive ketones (excluding diaryl/α,β-unsaturated/α-hetero) is 1. The molecule has 0 fully saturated rings. The van der Waals surface area contributed by atoms with E-state index < -0.39 is 16.9 Å². The van der Waals surface area contributed by atoms with Crippen LogP contribution in [-0.2, 0) is 17.9 Å². The number of fused-ring (bicyclic) bond motifs is 1. The first-order valence-electron chi connectivity index (χ1n) is 8.22. The third kappa shape index (κ3) is 3.30. The van der Waals surface area contributed by atoms with E-state index in [0.717, 1.165) is 0 Å². The number of aromatic nitrogens is 3. The number of aromatic amines is 1. The van der Waals surface area contributed by atoms with Crippen LogP contribution >= 0.6 is 0 Å². The van der Waals surface area contributed by atoms with Crippen molar-refractivity contribution in [3.8, 4) is 11.1 Å². The number of carbonyl (C=O) groups excluding carboxylic acids is 1. The monoisotopic (exact) mass is 357 g/mol. The van der Waals surface area contributed by atoms with Crippen LogP contribution in [0.4, 0.5) is 4.39 Å². The van der Waals surface area contributed by atoms with Crippen LogP contribution in [0.3, 0.4) is 0 Å². The van der Waals surface area contributed by atoms with Crippen LogP contribution in [0, 0.1) is 11.2 Å². The largest absolute Gasteiger partial charge is 0.392 e. The first-order valence-corrected chi connectivity index (χ1v) is 8.22. The number of hydrogen-bond donors (Lipinski definition) is 2. The minimum Gasteiger partial charge on any atom is -0.392 e. The van der Waals surface area contributed by atoms with E-state index in [9.17, 15) is 14.0 Å². The van der Waals surface area contributed by atoms with Crippen LogP contribution in [0.15, 0.2) is 35.3 Å². The summed E-state index contributed by atoms with van der Waals surface area (Å²) in [5.74, 6) is -0.594. The van der Waals surface area contributed by atoms with Crippen molar-refractivity contribution >= 4 is 16.9 Å². The van der Waals surface area contributed by atoms with E-state index in [2.05, 4.69) is 9.97 Å². The molecule has 2 aromatic heterocycles. The van der Waals surface area contributed by atoms with E-state index in [-0.39, 0.29) is 24.5 Å². The van der Waals surface area contributed by atoms with Crippen molar-refractivity contribution in [3.05, 3.63) is 52.3 Å². The molecular weight excluding hydrogens is 337 g/mol. The van der Waals surface area contributed by atoms with Gasteiger partial charge in [-0.3, -0.25) is 14.3 Å². The normalized spacial score (nSPS) is 11.9. The van der Waals surface area contributed by atoms with Crippen molar-refractivity contribution in [2.75, 3.05) is 0 Å². The fourth-order valence-corrected chi connectivity index (χ4v) is 2.58. The minimum atomic E-state index is -0.572. The summed E-state index contributed by atoms with van der Waals surface area (Å²) in [4.78, 5) is 31.4. The Bertz CT molecular complexity index is 1040. The van der Waals surface area contributed by atoms with Gasteiger partial charge in [0.2, 0.25) is 0 Å². The smallest absolute Gasteiger partial charge is 0.328 e. The second kappa shape index (κ2) is 6.49. The van der Waals surface area contributed by atoms with E-state index in [1.54, 1.807) is 32.9 Å². The highest BCUT2D eigenvalue weighted by Gasteiger charge is 2.23. The van der Waals surface area contributed by atoms with Gasteiger partial charge in [-0.1, -0.05) is 32.9 Å². The number of nitrogens with one attached hydrogen (secondary N) is 1. The van der Waals surface area contributed by atoms with Crippen LogP contribution < -0.4 is 5.69 Å². The molecule has 1 aromatic carbocycles. The quantitative estimate of drug-likeness (QED) is 0.751. The molecule has 0 atom stereocenters. The number of ketones is 1. The Morgan fingerprint density at radius 2 is 2.00 bits per heavy atom. The lowest BCUT2D eigenvalue weighted by Crippen LogP contribution is -2.29. The van der Waals surface area contributed by atoms with E-state index >= 15 is 0 Å². The Kier molecular flexibility index (Phi) is 4.50. The highest BCUT2D eigenvalue weighted by Crippen LogP contribution is 2.24. The van der Waals surface area contributed by atoms with Crippen LogP contribution in [0.2, 0.25) is 0 Å². The third-order valence-electron chi connectivity index (χ3n) is 4.32. The number of aliphatic hydroxyl groups excluding tert-OH is 1. The molecule has 7 heteroatoms. The molecular formula is C19H20FN3O3. The molecule has 0 saturated heterocycles. The van der Waals surface area contributed by atoms with Crippen LogP contribution in [-0.4, -0.2) is 25.4 Å². The Balaban J connectivity index is 2.08. The standard InChI is InChI=1S/C19H20FN3O3/c1-19(2,3)16(25)9-23-15-7-13(8-21-17(15)22-18(23)26)11-4-5-12(10-24)14(20)6-11/h4-8,24H,9-10H2,1-3H3,(H,21,22,26). The summed E-state index contributed by atoms with van der Waals surface area (Å²) < 4.78 is 15.3. The lowest BCUT2D eigenvalue weighted by molar-refractivity contribution is -0.126. The molecule has 26 heavy (non-hydrogen) atoms. The van der Waals surface area contributed by atoms with Gasteiger partial charge in [0, 0.05) is 22.7 Å². The van der Waals surface area contributed by atoms with Crippen LogP contribution in [0.1, 0.15) is 26.3 Å². The van der Waals surface area contributed by atoms with Gasteiger partial charge in [-0.2, -0.15) is 0 Å². The molecule has 0 aliphatic heterocycles. The summed E-state index contributed by atoms with van der Waals surface area (Å²) in [6, 6.07) is 6.18. The number of H-pyrrole nitrogens is 1. The van der Waals surface area contributed by atoms with Gasteiger partial charge >= 0.3 is 5.69 Å². The molecule has 3 rings (SSSR count). The number of nitrogens with zero attached hydrogens (tertiary/aromatic N) is 2. The summed E-state index contributed by atoms with van der Waals surface area (Å²) >= 11 is 0. The van der Waals surface area contributed by atoms with E-state index in [1.807, 2.05) is 0 Å². The van der Waals surface area contributed by atoms with E-state index in [4.69, 9.17) is 5.11 Å². The van der Waals surface area contributed by atoms with Gasteiger partial charge in [0.05, 0.1) is 18.7 Å². The first kappa shape index (κ1) is 18.0. The average molecular weight is 357 g/mol. The van der Waals surface area contributed by atoms with Crippen molar-refractivity contribution in [2.45, 2.75) is 33.9 Å². The summed E-state index contributed by atoms with van der Waals surface area (Å²) in [6.07, 6.45) is 1.53. The van der Waals surface area contributed by atoms with Crippen molar-refractivity contribution in [2.24, 2.45) is 5.41 Å². The van der Waals surface area contributed by atoms with Crippen molar-refractivity contribution in [3.63, 3.8) is 0 Å². The summed E-state index contributed by atoms with van der Waals surface area (Å²) in [5.41, 5.74) is 1.25. The number of carbonyl (C=O) groups is 1. The molecule has 3 aromatic rings. The molecule has 0 spiro atoms. The molecule has 0 bridgehead atoms. The number of rotatable bonds is 4. The molecule has 0 unspecified atom stereocenters. The van der Waals surface area contributed by atoms with Crippen molar-refractivity contribution in [1.29, 1.82) is 0 Å². The van der Waals surface area contributed by atoms with Gasteiger partial charge in [0.15, 0.2) is 11.4 Å². The lowest BCUT2D eigenvalue weighted by Gasteiger charge is -2.16. The van der Waals surface area contributed by atoms with E-state index in [0.29, 0.717) is 22.3 Å². The Labute approximate surface area is 149 Å². The molecule has 0 aliphatic rings. The molecule has 2 heterocycles. The zero-order valence-electron chi connectivity index (χ0n) is 14.8. The van der Waals surface area contributed by atoms with Crippen LogP contribution in [0.5, 0.6) is 0 Å². The maximum Gasteiger partial charge on any atom is 0.328 e. The second-order valence-corrected chi connectivity index (χ2v) is 7.25. The molecule has 0 radical (unpaired) electrons. The average Bonchev–Trinajstić information content (AvgIpc) is 2.89. The number of aliphatic hydroxyl groups is 1. The topological polar surface area (TPSA) is 88.0 Å². The molecule has 6 nitrogen and oxygen atoms in total. The molecule has 136 valence electrons. The predicted octanol–water partition coefficient (Wildman–Crippen LogP) is 2.64. The van der Waals surface area contributed by atoms with Crippen molar-refractivity contribution in [1.82, 2.24) is 14.5 Å². The SMILES string of the molecule is CC(C)(C)C(=O)Cn1c(=O)[nH]c2ncc(-c3ccc(CO)c(F)c3)cc21. The third-order valence-corrected chi connectivity index (χ3v) is 4.32. The van der Waals surface area contributed by atoms with Gasteiger partial charge in [0.1, 0.15) is 5.82 Å². The highest BCUT2D eigenvalue weighted by atomic mass is 19.1. The number of hydrogen-bond acceptors (Lipinski definition) is 4. The number of benzene rings is 1. The Hall–Kier alpha value is -2.80. The molecule has 0 amide bonds. The van der Waals surface area contributed by atoms with E-state index in [1.165, 1.54) is 22.9 Å². The number of pyridine rings is 1. The summed E-state index contributed by atoms with van der Waals surface area (Å²) in [5, 5.41) is 9.08. The first-order chi connectivity index (χ1) is 12.2. The van der Waals surface area contributed by atoms with Gasteiger partial charge < -0.3 is 5.11 Å². The van der Waals surface area contributed by atoms with Crippen molar-refractivity contribution < 1.29 is 14.3 Å². The Morgan fingerprint density at radius 3 is 2.62 bits per heavy atom. The zero-order valence-corrected chi connectivity index (χ0v) is 14.8.